The molecule has 1 aliphatic heterocycles. The van der Waals surface area contributed by atoms with Gasteiger partial charge in [-0.1, -0.05) is 24.3 Å². The summed E-state index contributed by atoms with van der Waals surface area (Å²) in [6, 6.07) is 12.3. The Kier molecular flexibility index (Phi) is 4.22. The molecule has 1 aliphatic carbocycles. The minimum atomic E-state index is -0.959. The lowest BCUT2D eigenvalue weighted by Crippen LogP contribution is -2.12. The Balaban J connectivity index is 1.59. The molecule has 0 bridgehead atoms. The average molecular weight is 387 g/mol. The van der Waals surface area contributed by atoms with Gasteiger partial charge in [-0.3, -0.25) is 4.98 Å². The molecule has 1 saturated heterocycles. The maximum atomic E-state index is 11.1. The zero-order valence-corrected chi connectivity index (χ0v) is 15.3. The molecule has 1 aromatic carbocycles. The molecule has 144 valence electrons. The summed E-state index contributed by atoms with van der Waals surface area (Å²) < 4.78 is 11.1. The summed E-state index contributed by atoms with van der Waals surface area (Å²) in [7, 11) is 0. The first-order valence-electron chi connectivity index (χ1n) is 9.20. The Hall–Kier alpha value is -3.71. The molecule has 0 spiro atoms. The number of hydrogen-bond donors (Lipinski definition) is 2. The van der Waals surface area contributed by atoms with Crippen molar-refractivity contribution in [3.63, 3.8) is 0 Å². The maximum absolute atomic E-state index is 11.1. The van der Waals surface area contributed by atoms with Gasteiger partial charge in [0, 0.05) is 18.2 Å². The van der Waals surface area contributed by atoms with E-state index in [0.29, 0.717) is 12.2 Å². The number of pyridine rings is 1. The smallest absolute Gasteiger partial charge is 0.335 e. The lowest BCUT2D eigenvalue weighted by Gasteiger charge is -2.15. The monoisotopic (exact) mass is 387 g/mol. The number of aromatic carboxylic acids is 1. The van der Waals surface area contributed by atoms with Crippen LogP contribution < -0.4 is 0 Å². The van der Waals surface area contributed by atoms with E-state index in [1.54, 1.807) is 30.5 Å². The van der Waals surface area contributed by atoms with E-state index in [1.165, 1.54) is 0 Å². The van der Waals surface area contributed by atoms with Gasteiger partial charge < -0.3 is 19.6 Å². The number of rotatable bonds is 4. The Morgan fingerprint density at radius 1 is 1.14 bits per heavy atom. The number of benzene rings is 1. The number of carboxylic acid groups (broad SMARTS) is 1. The molecule has 2 aromatic heterocycles. The van der Waals surface area contributed by atoms with Gasteiger partial charge >= 0.3 is 5.97 Å². The lowest BCUT2D eigenvalue weighted by atomic mass is 9.97. The number of nitrogens with zero attached hydrogens (tertiary/aromatic N) is 2. The van der Waals surface area contributed by atoms with Gasteiger partial charge in [0.25, 0.3) is 0 Å². The third-order valence-electron chi connectivity index (χ3n) is 5.00. The number of carbonyl (C=O) groups is 1. The first-order chi connectivity index (χ1) is 14.2. The lowest BCUT2D eigenvalue weighted by molar-refractivity contribution is 0.0515. The number of imidazole rings is 1. The fourth-order valence-electron chi connectivity index (χ4n) is 3.51. The average Bonchev–Trinajstić information content (AvgIpc) is 3.41. The molecule has 0 saturated carbocycles. The Morgan fingerprint density at radius 2 is 2.00 bits per heavy atom. The van der Waals surface area contributed by atoms with Crippen molar-refractivity contribution >= 4 is 11.5 Å². The number of fused-ring (bicyclic) bond motifs is 1. The summed E-state index contributed by atoms with van der Waals surface area (Å²) in [5, 5.41) is 9.12. The van der Waals surface area contributed by atoms with Crippen molar-refractivity contribution < 1.29 is 19.4 Å². The standard InChI is InChI=1S/C22H17N3O4/c26-22(27)14-6-4-13(5-7-14)21-24-19(20(25-21)16-3-1-2-10-23-16)15-8-9-17-18(11-15)29-12-28-17/h1-10,18H,11-12H2,(H,24,25)(H,26,27). The highest BCUT2D eigenvalue weighted by molar-refractivity contribution is 5.88. The molecule has 0 radical (unpaired) electrons. The first kappa shape index (κ1) is 17.4. The SMILES string of the molecule is O=C(O)c1ccc(-c2nc(C3=CC=C4OCOC4C3)c(-c3ccccn3)[nH]2)cc1. The van der Waals surface area contributed by atoms with E-state index in [1.807, 2.05) is 30.4 Å². The van der Waals surface area contributed by atoms with Crippen LogP contribution >= 0.6 is 0 Å². The van der Waals surface area contributed by atoms with E-state index in [9.17, 15) is 4.79 Å². The van der Waals surface area contributed by atoms with Crippen LogP contribution in [0.5, 0.6) is 0 Å². The van der Waals surface area contributed by atoms with Gasteiger partial charge in [0.2, 0.25) is 0 Å². The second kappa shape index (κ2) is 7.03. The topological polar surface area (TPSA) is 97.3 Å². The van der Waals surface area contributed by atoms with Crippen LogP contribution in [0.4, 0.5) is 0 Å². The molecule has 1 fully saturated rings. The summed E-state index contributed by atoms with van der Waals surface area (Å²) in [4.78, 5) is 23.8. The summed E-state index contributed by atoms with van der Waals surface area (Å²) in [6.45, 7) is 0.270. The van der Waals surface area contributed by atoms with E-state index < -0.39 is 5.97 Å². The van der Waals surface area contributed by atoms with E-state index >= 15 is 0 Å². The third kappa shape index (κ3) is 3.21. The zero-order valence-electron chi connectivity index (χ0n) is 15.3. The summed E-state index contributed by atoms with van der Waals surface area (Å²) in [5.41, 5.74) is 4.44. The van der Waals surface area contributed by atoms with Crippen LogP contribution in [0, 0.1) is 0 Å². The van der Waals surface area contributed by atoms with Crippen molar-refractivity contribution in [2.24, 2.45) is 0 Å². The van der Waals surface area contributed by atoms with Crippen LogP contribution in [-0.2, 0) is 9.47 Å². The van der Waals surface area contributed by atoms with Gasteiger partial charge in [-0.25, -0.2) is 9.78 Å². The second-order valence-corrected chi connectivity index (χ2v) is 6.79. The molecule has 3 aromatic rings. The number of aromatic nitrogens is 3. The molecule has 7 nitrogen and oxygen atoms in total. The van der Waals surface area contributed by atoms with Gasteiger partial charge in [-0.15, -0.1) is 0 Å². The molecule has 29 heavy (non-hydrogen) atoms. The number of allylic oxidation sites excluding steroid dienone is 2. The van der Waals surface area contributed by atoms with E-state index in [4.69, 9.17) is 19.6 Å². The van der Waals surface area contributed by atoms with Crippen molar-refractivity contribution in [1.29, 1.82) is 0 Å². The number of hydrogen-bond acceptors (Lipinski definition) is 5. The summed E-state index contributed by atoms with van der Waals surface area (Å²) >= 11 is 0. The molecule has 7 heteroatoms. The van der Waals surface area contributed by atoms with Gasteiger partial charge in [0.05, 0.1) is 22.6 Å². The Morgan fingerprint density at radius 3 is 2.76 bits per heavy atom. The van der Waals surface area contributed by atoms with Crippen molar-refractivity contribution in [1.82, 2.24) is 15.0 Å². The number of nitrogens with one attached hydrogen (secondary N) is 1. The predicted molar refractivity (Wildman–Crippen MR) is 106 cm³/mol. The van der Waals surface area contributed by atoms with E-state index in [2.05, 4.69) is 9.97 Å². The highest BCUT2D eigenvalue weighted by Crippen LogP contribution is 2.36. The fourth-order valence-corrected chi connectivity index (χ4v) is 3.51. The van der Waals surface area contributed by atoms with Crippen molar-refractivity contribution in [3.8, 4) is 22.8 Å². The molecule has 1 atom stereocenters. The van der Waals surface area contributed by atoms with Crippen LogP contribution in [0.3, 0.4) is 0 Å². The molecular weight excluding hydrogens is 370 g/mol. The van der Waals surface area contributed by atoms with Gasteiger partial charge in [-0.2, -0.15) is 0 Å². The number of aromatic amines is 1. The molecule has 2 N–H and O–H groups in total. The van der Waals surface area contributed by atoms with Gasteiger partial charge in [0.15, 0.2) is 6.79 Å². The zero-order chi connectivity index (χ0) is 19.8. The normalized spacial score (nSPS) is 17.9. The van der Waals surface area contributed by atoms with Gasteiger partial charge in [-0.05, 0) is 35.9 Å². The Labute approximate surface area is 166 Å². The van der Waals surface area contributed by atoms with E-state index in [-0.39, 0.29) is 18.5 Å². The van der Waals surface area contributed by atoms with Crippen LogP contribution in [0.25, 0.3) is 28.3 Å². The van der Waals surface area contributed by atoms with E-state index in [0.717, 1.165) is 34.0 Å². The summed E-state index contributed by atoms with van der Waals surface area (Å²) in [5.74, 6) is 0.532. The number of H-pyrrole nitrogens is 1. The molecule has 0 amide bonds. The predicted octanol–water partition coefficient (Wildman–Crippen LogP) is 3.88. The van der Waals surface area contributed by atoms with Crippen LogP contribution in [0.15, 0.2) is 66.6 Å². The molecule has 2 aliphatic rings. The third-order valence-corrected chi connectivity index (χ3v) is 5.00. The minimum absolute atomic E-state index is 0.0958. The fraction of sp³-hybridized carbons (Fsp3) is 0.136. The van der Waals surface area contributed by atoms with Crippen LogP contribution in [0.1, 0.15) is 22.5 Å². The number of carboxylic acids is 1. The molecule has 5 rings (SSSR count). The van der Waals surface area contributed by atoms with Crippen molar-refractivity contribution in [2.45, 2.75) is 12.5 Å². The first-order valence-corrected chi connectivity index (χ1v) is 9.20. The maximum Gasteiger partial charge on any atom is 0.335 e. The van der Waals surface area contributed by atoms with Crippen molar-refractivity contribution in [2.75, 3.05) is 6.79 Å². The second-order valence-electron chi connectivity index (χ2n) is 6.79. The largest absolute Gasteiger partial charge is 0.478 e. The Bertz CT molecular complexity index is 1130. The highest BCUT2D eigenvalue weighted by atomic mass is 16.7. The van der Waals surface area contributed by atoms with Gasteiger partial charge in [0.1, 0.15) is 17.7 Å². The molecule has 3 heterocycles. The highest BCUT2D eigenvalue weighted by Gasteiger charge is 2.29. The molecule has 1 unspecified atom stereocenters. The quantitative estimate of drug-likeness (QED) is 0.705. The van der Waals surface area contributed by atoms with Crippen molar-refractivity contribution in [3.05, 3.63) is 77.8 Å². The summed E-state index contributed by atoms with van der Waals surface area (Å²) in [6.07, 6.45) is 6.23. The minimum Gasteiger partial charge on any atom is -0.478 e. The van der Waals surface area contributed by atoms with Crippen LogP contribution in [-0.4, -0.2) is 38.9 Å². The number of ether oxygens (including phenoxy) is 2. The molecular formula is C22H17N3O4. The van der Waals surface area contributed by atoms with Crippen LogP contribution in [0.2, 0.25) is 0 Å².